The Kier molecular flexibility index (Phi) is 6.64. The minimum absolute atomic E-state index is 0.211. The van der Waals surface area contributed by atoms with Gasteiger partial charge in [0.2, 0.25) is 17.7 Å². The molecule has 192 valence electrons. The number of benzene rings is 1. The van der Waals surface area contributed by atoms with E-state index in [2.05, 4.69) is 10.6 Å². The van der Waals surface area contributed by atoms with Gasteiger partial charge in [0, 0.05) is 16.0 Å². The number of thioether (sulfide) groups is 1. The zero-order valence-electron chi connectivity index (χ0n) is 21.4. The first-order valence-corrected chi connectivity index (χ1v) is 13.2. The number of ether oxygens (including phenoxy) is 1. The average Bonchev–Trinajstić information content (AvgIpc) is 3.34. The first-order chi connectivity index (χ1) is 16.4. The van der Waals surface area contributed by atoms with Crippen molar-refractivity contribution < 1.29 is 24.2 Å². The maximum atomic E-state index is 13.9. The van der Waals surface area contributed by atoms with Crippen LogP contribution in [0.25, 0.3) is 0 Å². The van der Waals surface area contributed by atoms with Crippen LogP contribution in [0.15, 0.2) is 24.3 Å². The summed E-state index contributed by atoms with van der Waals surface area (Å²) in [5, 5.41) is 16.0. The molecule has 1 aromatic rings. The van der Waals surface area contributed by atoms with Crippen LogP contribution in [0.5, 0.6) is 5.75 Å². The third kappa shape index (κ3) is 4.31. The second-order valence-corrected chi connectivity index (χ2v) is 13.1. The molecule has 2 bridgehead atoms. The summed E-state index contributed by atoms with van der Waals surface area (Å²) in [5.74, 6) is -1.14. The fourth-order valence-corrected chi connectivity index (χ4v) is 8.43. The lowest BCUT2D eigenvalue weighted by atomic mass is 9.66. The topological polar surface area (TPSA) is 108 Å². The number of hydrogen-bond donors (Lipinski definition) is 3. The fraction of sp³-hybridized carbons (Fsp3) is 0.654. The number of aliphatic hydroxyl groups is 1. The lowest BCUT2D eigenvalue weighted by Crippen LogP contribution is -2.58. The molecule has 8 nitrogen and oxygen atoms in total. The molecule has 3 aliphatic heterocycles. The molecular formula is C26H37N3O5S. The van der Waals surface area contributed by atoms with E-state index in [1.54, 1.807) is 47.9 Å². The van der Waals surface area contributed by atoms with Gasteiger partial charge < -0.3 is 25.4 Å². The lowest BCUT2D eigenvalue weighted by Gasteiger charge is -2.37. The van der Waals surface area contributed by atoms with Gasteiger partial charge in [0.1, 0.15) is 11.8 Å². The predicted molar refractivity (Wildman–Crippen MR) is 136 cm³/mol. The molecular weight excluding hydrogens is 466 g/mol. The molecule has 35 heavy (non-hydrogen) atoms. The van der Waals surface area contributed by atoms with Gasteiger partial charge in [-0.1, -0.05) is 0 Å². The number of hydrogen-bond acceptors (Lipinski definition) is 6. The zero-order chi connectivity index (χ0) is 25.8. The molecule has 0 saturated carbocycles. The zero-order valence-corrected chi connectivity index (χ0v) is 22.2. The van der Waals surface area contributed by atoms with Crippen LogP contribution < -0.4 is 15.4 Å². The third-order valence-corrected chi connectivity index (χ3v) is 9.40. The van der Waals surface area contributed by atoms with Crippen LogP contribution in [0.1, 0.15) is 54.4 Å². The molecule has 3 N–H and O–H groups in total. The van der Waals surface area contributed by atoms with E-state index in [9.17, 15) is 19.5 Å². The molecule has 3 aliphatic rings. The quantitative estimate of drug-likeness (QED) is 0.528. The summed E-state index contributed by atoms with van der Waals surface area (Å²) in [6.07, 6.45) is 1.41. The molecule has 2 unspecified atom stereocenters. The summed E-state index contributed by atoms with van der Waals surface area (Å²) in [6.45, 7) is 11.7. The molecule has 0 radical (unpaired) electrons. The van der Waals surface area contributed by atoms with Gasteiger partial charge in [0.25, 0.3) is 0 Å². The van der Waals surface area contributed by atoms with Crippen molar-refractivity contribution in [2.45, 2.75) is 81.5 Å². The van der Waals surface area contributed by atoms with Crippen molar-refractivity contribution in [3.8, 4) is 5.75 Å². The van der Waals surface area contributed by atoms with E-state index in [-0.39, 0.29) is 24.3 Å². The van der Waals surface area contributed by atoms with Gasteiger partial charge in [-0.25, -0.2) is 0 Å². The third-order valence-electron chi connectivity index (χ3n) is 7.42. The molecule has 3 amide bonds. The van der Waals surface area contributed by atoms with Crippen molar-refractivity contribution in [1.29, 1.82) is 0 Å². The van der Waals surface area contributed by atoms with Crippen molar-refractivity contribution >= 4 is 35.2 Å². The van der Waals surface area contributed by atoms with Crippen LogP contribution in [0.4, 0.5) is 5.69 Å². The highest BCUT2D eigenvalue weighted by Gasteiger charge is 2.77. The standard InChI is InChI=1S/C26H37N3O5S/c1-7-34-17-10-8-16(9-11-17)27-21(31)18-19-23(33)29(15(2)14-30)20(22(32)28-24(3,4)5)26(19)13-12-25(18,6)35-26/h8-11,15,18-20,30H,7,12-14H2,1-6H3,(H,27,31)(H,28,32)/t15-,18+,19+,20?,25-,26?/m1/s1. The number of nitrogens with zero attached hydrogens (tertiary/aromatic N) is 1. The van der Waals surface area contributed by atoms with Crippen LogP contribution in [-0.2, 0) is 14.4 Å². The molecule has 0 aliphatic carbocycles. The van der Waals surface area contributed by atoms with E-state index in [0.717, 1.165) is 12.2 Å². The number of anilines is 1. The highest BCUT2D eigenvalue weighted by atomic mass is 32.2. The van der Waals surface area contributed by atoms with E-state index in [0.29, 0.717) is 18.7 Å². The number of likely N-dealkylation sites (tertiary alicyclic amines) is 1. The number of amides is 3. The molecule has 9 heteroatoms. The van der Waals surface area contributed by atoms with E-state index in [4.69, 9.17) is 4.74 Å². The van der Waals surface area contributed by atoms with Gasteiger partial charge >= 0.3 is 0 Å². The Labute approximate surface area is 211 Å². The van der Waals surface area contributed by atoms with E-state index in [1.807, 2.05) is 34.6 Å². The van der Waals surface area contributed by atoms with Crippen LogP contribution >= 0.6 is 11.8 Å². The van der Waals surface area contributed by atoms with E-state index >= 15 is 0 Å². The van der Waals surface area contributed by atoms with Gasteiger partial charge in [0.15, 0.2) is 0 Å². The minimum atomic E-state index is -0.739. The summed E-state index contributed by atoms with van der Waals surface area (Å²) in [7, 11) is 0. The lowest BCUT2D eigenvalue weighted by molar-refractivity contribution is -0.142. The molecule has 3 fully saturated rings. The second kappa shape index (κ2) is 9.00. The van der Waals surface area contributed by atoms with Crippen LogP contribution in [-0.4, -0.2) is 68.1 Å². The largest absolute Gasteiger partial charge is 0.494 e. The number of rotatable bonds is 7. The molecule has 6 atom stereocenters. The van der Waals surface area contributed by atoms with Gasteiger partial charge in [-0.15, -0.1) is 11.8 Å². The SMILES string of the molecule is CCOc1ccc(NC(=O)[C@@H]2[C@H]3C(=O)N([C@H](C)CO)C(C(=O)NC(C)(C)C)C34CC[C@@]2(C)S4)cc1. The number of fused-ring (bicyclic) bond motifs is 1. The smallest absolute Gasteiger partial charge is 0.244 e. The Morgan fingerprint density at radius 2 is 1.89 bits per heavy atom. The Balaban J connectivity index is 1.68. The van der Waals surface area contributed by atoms with Crippen molar-refractivity contribution in [2.75, 3.05) is 18.5 Å². The molecule has 4 rings (SSSR count). The van der Waals surface area contributed by atoms with E-state index in [1.165, 1.54) is 0 Å². The predicted octanol–water partition coefficient (Wildman–Crippen LogP) is 2.80. The normalized spacial score (nSPS) is 32.4. The van der Waals surface area contributed by atoms with Crippen molar-refractivity contribution in [1.82, 2.24) is 10.2 Å². The number of carbonyl (C=O) groups excluding carboxylic acids is 3. The number of nitrogens with one attached hydrogen (secondary N) is 2. The van der Waals surface area contributed by atoms with E-state index < -0.39 is 39.0 Å². The van der Waals surface area contributed by atoms with Gasteiger partial charge in [0.05, 0.1) is 35.8 Å². The Bertz CT molecular complexity index is 1010. The first kappa shape index (κ1) is 25.8. The average molecular weight is 504 g/mol. The van der Waals surface area contributed by atoms with Crippen LogP contribution in [0.2, 0.25) is 0 Å². The maximum absolute atomic E-state index is 13.9. The summed E-state index contributed by atoms with van der Waals surface area (Å²) in [4.78, 5) is 42.7. The Hall–Kier alpha value is -2.26. The minimum Gasteiger partial charge on any atom is -0.494 e. The van der Waals surface area contributed by atoms with Gasteiger partial charge in [-0.3, -0.25) is 14.4 Å². The highest BCUT2D eigenvalue weighted by Crippen LogP contribution is 2.71. The van der Waals surface area contributed by atoms with Crippen LogP contribution in [0.3, 0.4) is 0 Å². The summed E-state index contributed by atoms with van der Waals surface area (Å²) >= 11 is 1.62. The molecule has 3 heterocycles. The second-order valence-electron chi connectivity index (χ2n) is 11.2. The van der Waals surface area contributed by atoms with Crippen molar-refractivity contribution in [3.05, 3.63) is 24.3 Å². The summed E-state index contributed by atoms with van der Waals surface area (Å²) < 4.78 is 4.32. The molecule has 1 aromatic carbocycles. The fourth-order valence-electron chi connectivity index (χ4n) is 6.09. The summed E-state index contributed by atoms with van der Waals surface area (Å²) in [6, 6.07) is 5.92. The first-order valence-electron chi connectivity index (χ1n) is 12.4. The molecule has 3 saturated heterocycles. The van der Waals surface area contributed by atoms with Crippen molar-refractivity contribution in [3.63, 3.8) is 0 Å². The van der Waals surface area contributed by atoms with Crippen molar-refractivity contribution in [2.24, 2.45) is 11.8 Å². The maximum Gasteiger partial charge on any atom is 0.244 e. The highest BCUT2D eigenvalue weighted by molar-refractivity contribution is 8.02. The van der Waals surface area contributed by atoms with Gasteiger partial charge in [-0.2, -0.15) is 0 Å². The Morgan fingerprint density at radius 3 is 2.46 bits per heavy atom. The van der Waals surface area contributed by atoms with Crippen LogP contribution in [0, 0.1) is 11.8 Å². The molecule has 1 spiro atoms. The monoisotopic (exact) mass is 503 g/mol. The number of aliphatic hydroxyl groups excluding tert-OH is 1. The summed E-state index contributed by atoms with van der Waals surface area (Å²) in [5.41, 5.74) is 0.162. The van der Waals surface area contributed by atoms with Gasteiger partial charge in [-0.05, 0) is 78.6 Å². The number of carbonyl (C=O) groups is 3. The molecule has 0 aromatic heterocycles. The Morgan fingerprint density at radius 1 is 1.23 bits per heavy atom.